The van der Waals surface area contributed by atoms with Crippen LogP contribution in [0.3, 0.4) is 0 Å². The van der Waals surface area contributed by atoms with E-state index in [-0.39, 0.29) is 11.5 Å². The molecule has 5 heteroatoms. The second kappa shape index (κ2) is 7.75. The number of aliphatic imine (C=N–C) groups is 1. The molecular formula is C20H18FNO3. The molecule has 2 aromatic carbocycles. The van der Waals surface area contributed by atoms with Crippen molar-refractivity contribution in [3.63, 3.8) is 0 Å². The number of hydrogen-bond donors (Lipinski definition) is 0. The van der Waals surface area contributed by atoms with E-state index in [1.54, 1.807) is 12.1 Å². The first-order chi connectivity index (χ1) is 12.1. The third kappa shape index (κ3) is 4.53. The van der Waals surface area contributed by atoms with Gasteiger partial charge in [-0.05, 0) is 54.8 Å². The Morgan fingerprint density at radius 1 is 1.16 bits per heavy atom. The first-order valence-corrected chi connectivity index (χ1v) is 8.13. The van der Waals surface area contributed by atoms with Gasteiger partial charge < -0.3 is 9.47 Å². The van der Waals surface area contributed by atoms with Gasteiger partial charge in [-0.25, -0.2) is 14.2 Å². The van der Waals surface area contributed by atoms with E-state index in [9.17, 15) is 9.18 Å². The normalized spacial score (nSPS) is 15.2. The van der Waals surface area contributed by atoms with Crippen molar-refractivity contribution in [1.29, 1.82) is 0 Å². The molecule has 3 rings (SSSR count). The Bertz CT molecular complexity index is 825. The van der Waals surface area contributed by atoms with E-state index in [1.807, 2.05) is 37.3 Å². The highest BCUT2D eigenvalue weighted by Gasteiger charge is 2.22. The maximum absolute atomic E-state index is 13.2. The van der Waals surface area contributed by atoms with Crippen LogP contribution >= 0.6 is 0 Å². The largest absolute Gasteiger partial charge is 0.494 e. The van der Waals surface area contributed by atoms with Crippen molar-refractivity contribution in [3.8, 4) is 5.75 Å². The lowest BCUT2D eigenvalue weighted by atomic mass is 10.1. The molecule has 0 radical (unpaired) electrons. The molecule has 0 amide bonds. The van der Waals surface area contributed by atoms with E-state index in [4.69, 9.17) is 9.47 Å². The second-order valence-corrected chi connectivity index (χ2v) is 5.56. The summed E-state index contributed by atoms with van der Waals surface area (Å²) in [5.74, 6) is 0.381. The molecule has 0 atom stereocenters. The number of esters is 1. The molecule has 0 aromatic heterocycles. The molecule has 0 saturated heterocycles. The number of nitrogens with zero attached hydrogens (tertiary/aromatic N) is 1. The maximum atomic E-state index is 13.2. The average Bonchev–Trinajstić information content (AvgIpc) is 2.95. The van der Waals surface area contributed by atoms with Crippen LogP contribution in [0.5, 0.6) is 5.75 Å². The first-order valence-electron chi connectivity index (χ1n) is 8.13. The van der Waals surface area contributed by atoms with Crippen molar-refractivity contribution in [1.82, 2.24) is 0 Å². The second-order valence-electron chi connectivity index (χ2n) is 5.56. The zero-order valence-electron chi connectivity index (χ0n) is 13.9. The van der Waals surface area contributed by atoms with Crippen molar-refractivity contribution >= 4 is 17.9 Å². The molecule has 0 unspecified atom stereocenters. The van der Waals surface area contributed by atoms with Gasteiger partial charge in [-0.1, -0.05) is 24.3 Å². The summed E-state index contributed by atoms with van der Waals surface area (Å²) in [6.45, 7) is 2.52. The Morgan fingerprint density at radius 2 is 1.96 bits per heavy atom. The summed E-state index contributed by atoms with van der Waals surface area (Å²) in [6, 6.07) is 13.7. The molecule has 128 valence electrons. The topological polar surface area (TPSA) is 47.9 Å². The molecule has 2 aromatic rings. The first kappa shape index (κ1) is 16.9. The lowest BCUT2D eigenvalue weighted by molar-refractivity contribution is -0.130. The zero-order chi connectivity index (χ0) is 17.6. The number of carbonyl (C=O) groups excluding carboxylic acids is 1. The molecule has 1 heterocycles. The van der Waals surface area contributed by atoms with E-state index in [0.717, 1.165) is 16.9 Å². The van der Waals surface area contributed by atoms with E-state index in [2.05, 4.69) is 4.99 Å². The van der Waals surface area contributed by atoms with Crippen LogP contribution < -0.4 is 4.74 Å². The monoisotopic (exact) mass is 339 g/mol. The number of halogens is 1. The summed E-state index contributed by atoms with van der Waals surface area (Å²) >= 11 is 0. The number of rotatable bonds is 6. The van der Waals surface area contributed by atoms with E-state index >= 15 is 0 Å². The molecule has 4 nitrogen and oxygen atoms in total. The van der Waals surface area contributed by atoms with Gasteiger partial charge in [-0.2, -0.15) is 0 Å². The Hall–Kier alpha value is -2.95. The Balaban J connectivity index is 1.67. The predicted molar refractivity (Wildman–Crippen MR) is 93.8 cm³/mol. The molecule has 0 spiro atoms. The van der Waals surface area contributed by atoms with Crippen LogP contribution in [0.1, 0.15) is 24.5 Å². The van der Waals surface area contributed by atoms with Crippen LogP contribution in [0.4, 0.5) is 4.39 Å². The fourth-order valence-electron chi connectivity index (χ4n) is 2.49. The minimum Gasteiger partial charge on any atom is -0.494 e. The standard InChI is InChI=1S/C20H18FNO3/c1-2-24-17-9-6-15(7-10-17)13-18-20(23)25-19(22-18)11-8-14-4-3-5-16(21)12-14/h3-7,9-10,12-13H,2,8,11H2,1H3/b18-13+. The molecule has 0 aliphatic carbocycles. The van der Waals surface area contributed by atoms with E-state index in [0.29, 0.717) is 25.3 Å². The Kier molecular flexibility index (Phi) is 5.23. The highest BCUT2D eigenvalue weighted by atomic mass is 19.1. The van der Waals surface area contributed by atoms with Gasteiger partial charge in [0.2, 0.25) is 0 Å². The fraction of sp³-hybridized carbons (Fsp3) is 0.200. The summed E-state index contributed by atoms with van der Waals surface area (Å²) < 4.78 is 23.7. The highest BCUT2D eigenvalue weighted by Crippen LogP contribution is 2.20. The summed E-state index contributed by atoms with van der Waals surface area (Å²) in [4.78, 5) is 16.2. The van der Waals surface area contributed by atoms with Crippen molar-refractivity contribution < 1.29 is 18.7 Å². The van der Waals surface area contributed by atoms with Gasteiger partial charge in [0.1, 0.15) is 11.6 Å². The van der Waals surface area contributed by atoms with Crippen molar-refractivity contribution in [2.45, 2.75) is 19.8 Å². The van der Waals surface area contributed by atoms with Crippen LogP contribution in [-0.2, 0) is 16.0 Å². The molecule has 0 N–H and O–H groups in total. The van der Waals surface area contributed by atoms with Gasteiger partial charge in [0.15, 0.2) is 11.6 Å². The Labute approximate surface area is 145 Å². The fourth-order valence-corrected chi connectivity index (χ4v) is 2.49. The number of aryl methyl sites for hydroxylation is 1. The van der Waals surface area contributed by atoms with Gasteiger partial charge in [0.05, 0.1) is 6.61 Å². The summed E-state index contributed by atoms with van der Waals surface area (Å²) in [5.41, 5.74) is 1.94. The number of benzene rings is 2. The van der Waals surface area contributed by atoms with Gasteiger partial charge in [0.25, 0.3) is 0 Å². The van der Waals surface area contributed by atoms with Crippen LogP contribution in [0.2, 0.25) is 0 Å². The van der Waals surface area contributed by atoms with Crippen molar-refractivity contribution in [3.05, 3.63) is 71.2 Å². The number of hydrogen-bond acceptors (Lipinski definition) is 4. The van der Waals surface area contributed by atoms with Gasteiger partial charge in [-0.15, -0.1) is 0 Å². The van der Waals surface area contributed by atoms with E-state index in [1.165, 1.54) is 12.1 Å². The third-order valence-electron chi connectivity index (χ3n) is 3.68. The highest BCUT2D eigenvalue weighted by molar-refractivity contribution is 6.07. The average molecular weight is 339 g/mol. The Morgan fingerprint density at radius 3 is 2.68 bits per heavy atom. The number of cyclic esters (lactones) is 1. The molecule has 1 aliphatic heterocycles. The molecule has 0 bridgehead atoms. The molecule has 1 aliphatic rings. The molecule has 0 saturated carbocycles. The molecule has 0 fully saturated rings. The lowest BCUT2D eigenvalue weighted by Crippen LogP contribution is -2.05. The van der Waals surface area contributed by atoms with Crippen LogP contribution in [0, 0.1) is 5.82 Å². The zero-order valence-corrected chi connectivity index (χ0v) is 13.9. The maximum Gasteiger partial charge on any atom is 0.363 e. The van der Waals surface area contributed by atoms with Gasteiger partial charge >= 0.3 is 5.97 Å². The predicted octanol–water partition coefficient (Wildman–Crippen LogP) is 4.15. The summed E-state index contributed by atoms with van der Waals surface area (Å²) in [6.07, 6.45) is 2.67. The smallest absolute Gasteiger partial charge is 0.363 e. The summed E-state index contributed by atoms with van der Waals surface area (Å²) in [5, 5.41) is 0. The minimum absolute atomic E-state index is 0.262. The lowest BCUT2D eigenvalue weighted by Gasteiger charge is -2.02. The van der Waals surface area contributed by atoms with Crippen LogP contribution in [-0.4, -0.2) is 18.5 Å². The van der Waals surface area contributed by atoms with Gasteiger partial charge in [0, 0.05) is 6.42 Å². The number of carbonyl (C=O) groups is 1. The van der Waals surface area contributed by atoms with Crippen LogP contribution in [0.25, 0.3) is 6.08 Å². The van der Waals surface area contributed by atoms with E-state index < -0.39 is 5.97 Å². The van der Waals surface area contributed by atoms with Crippen molar-refractivity contribution in [2.24, 2.45) is 4.99 Å². The number of ether oxygens (including phenoxy) is 2. The molecular weight excluding hydrogens is 321 g/mol. The molecule has 25 heavy (non-hydrogen) atoms. The quantitative estimate of drug-likeness (QED) is 0.587. The van der Waals surface area contributed by atoms with Crippen molar-refractivity contribution in [2.75, 3.05) is 6.61 Å². The minimum atomic E-state index is -0.469. The van der Waals surface area contributed by atoms with Crippen LogP contribution in [0.15, 0.2) is 59.2 Å². The summed E-state index contributed by atoms with van der Waals surface area (Å²) in [7, 11) is 0. The van der Waals surface area contributed by atoms with Gasteiger partial charge in [-0.3, -0.25) is 0 Å². The SMILES string of the molecule is CCOc1ccc(/C=C2/N=C(CCc3cccc(F)c3)OC2=O)cc1. The third-order valence-corrected chi connectivity index (χ3v) is 3.68.